The molecule has 0 amide bonds. The molecule has 24 rings (SSSR count). The Morgan fingerprint density at radius 2 is 0.415 bits per heavy atom. The van der Waals surface area contributed by atoms with Crippen molar-refractivity contribution in [3.63, 3.8) is 0 Å². The Morgan fingerprint density at radius 1 is 0.160 bits per heavy atom. The first-order valence-corrected chi connectivity index (χ1v) is 38.0. The molecular weight excluding hydrogens is 1320 g/mol. The van der Waals surface area contributed by atoms with Crippen molar-refractivity contribution in [3.8, 4) is 45.0 Å². The smallest absolute Gasteiger partial charge is 0.0556 e. The van der Waals surface area contributed by atoms with Crippen LogP contribution in [-0.2, 0) is 0 Å². The molecule has 6 aromatic heterocycles. The van der Waals surface area contributed by atoms with E-state index in [-0.39, 0.29) is 0 Å². The van der Waals surface area contributed by atoms with Crippen LogP contribution in [0.2, 0.25) is 0 Å². The second-order valence-electron chi connectivity index (χ2n) is 28.1. The van der Waals surface area contributed by atoms with Gasteiger partial charge in [-0.05, 0) is 140 Å². The van der Waals surface area contributed by atoms with Crippen LogP contribution in [0.1, 0.15) is 0 Å². The van der Waals surface area contributed by atoms with Crippen LogP contribution in [0.5, 0.6) is 0 Å². The number of para-hydroxylation sites is 4. The lowest BCUT2D eigenvalue weighted by molar-refractivity contribution is 1.18. The van der Waals surface area contributed by atoms with E-state index < -0.39 is 0 Å². The zero-order chi connectivity index (χ0) is 69.2. The van der Waals surface area contributed by atoms with Crippen molar-refractivity contribution >= 4 is 193 Å². The lowest BCUT2D eigenvalue weighted by Crippen LogP contribution is -1.95. The normalized spacial score (nSPS) is 12.2. The number of hydrogen-bond acceptors (Lipinski definition) is 2. The number of fused-ring (bicyclic) bond motifs is 26. The molecule has 0 aliphatic rings. The predicted molar refractivity (Wildman–Crippen MR) is 457 cm³/mol. The molecule has 6 heteroatoms. The van der Waals surface area contributed by atoms with Crippen molar-refractivity contribution in [2.45, 2.75) is 0 Å². The highest BCUT2D eigenvalue weighted by Crippen LogP contribution is 2.51. The largest absolute Gasteiger partial charge is 0.309 e. The van der Waals surface area contributed by atoms with Crippen molar-refractivity contribution in [3.05, 3.63) is 364 Å². The van der Waals surface area contributed by atoms with Gasteiger partial charge in [0.25, 0.3) is 0 Å². The molecular formula is C100H60N4S2. The molecule has 0 aliphatic carbocycles. The number of hydrogen-bond donors (Lipinski definition) is 0. The topological polar surface area (TPSA) is 19.7 Å². The average Bonchev–Trinajstić information content (AvgIpc) is 1.55. The van der Waals surface area contributed by atoms with Crippen molar-refractivity contribution in [1.82, 2.24) is 18.3 Å². The van der Waals surface area contributed by atoms with Crippen molar-refractivity contribution in [1.29, 1.82) is 0 Å². The molecule has 24 aromatic rings. The molecule has 0 aliphatic heterocycles. The average molecular weight is 1380 g/mol. The molecule has 18 aromatic carbocycles. The Bertz CT molecular complexity index is 7350. The van der Waals surface area contributed by atoms with E-state index in [2.05, 4.69) is 382 Å². The second-order valence-corrected chi connectivity index (χ2v) is 30.1. The van der Waals surface area contributed by atoms with Gasteiger partial charge in [0.05, 0.1) is 55.5 Å². The lowest BCUT2D eigenvalue weighted by Gasteiger charge is -2.11. The van der Waals surface area contributed by atoms with Gasteiger partial charge >= 0.3 is 0 Å². The molecule has 0 unspecified atom stereocenters. The Balaban J connectivity index is 0.000000132. The maximum atomic E-state index is 2.47. The fraction of sp³-hybridized carbons (Fsp3) is 0. The molecule has 492 valence electrons. The number of rotatable bonds is 6. The van der Waals surface area contributed by atoms with E-state index in [0.29, 0.717) is 0 Å². The van der Waals surface area contributed by atoms with E-state index >= 15 is 0 Å². The Hall–Kier alpha value is -13.4. The summed E-state index contributed by atoms with van der Waals surface area (Å²) in [6.07, 6.45) is 0. The first-order chi connectivity index (χ1) is 52.6. The van der Waals surface area contributed by atoms with Crippen LogP contribution in [0, 0.1) is 0 Å². The highest BCUT2D eigenvalue weighted by Gasteiger charge is 2.25. The molecule has 106 heavy (non-hydrogen) atoms. The lowest BCUT2D eigenvalue weighted by atomic mass is 9.98. The number of nitrogens with zero attached hydrogens (tertiary/aromatic N) is 4. The zero-order valence-electron chi connectivity index (χ0n) is 57.2. The van der Waals surface area contributed by atoms with Gasteiger partial charge in [0.2, 0.25) is 0 Å². The first-order valence-electron chi connectivity index (χ1n) is 36.4. The standard InChI is InChI=1S/C56H34N2S.C44H26N2S/c1-3-15-41-35(11-1)13-9-19-43(41)37-23-27-39(28-24-37)57-49-21-7-5-17-47(49)53-51(57)33-31-45-46-32-34-52-54(56(46)59-55(45)53)48-18-6-8-22-50(48)58(52)40-29-25-38(26-30-40)44-20-10-14-36-12-2-4-16-42(36)44;1-3-15-29-27(11-1)13-9-21-35(29)45-37-19-7-5-17-33(37)41-39(45)25-23-31-32-24-26-40-42(44(32)47-43(31)41)34-18-6-8-20-38(34)46(40)36-22-10-14-28-12-2-4-16-30(28)36/h1-34H;1-26H. The van der Waals surface area contributed by atoms with E-state index in [9.17, 15) is 0 Å². The van der Waals surface area contributed by atoms with Gasteiger partial charge in [-0.15, -0.1) is 22.7 Å². The second kappa shape index (κ2) is 23.1. The van der Waals surface area contributed by atoms with Gasteiger partial charge in [-0.3, -0.25) is 0 Å². The van der Waals surface area contributed by atoms with Crippen LogP contribution in [0.4, 0.5) is 0 Å². The minimum Gasteiger partial charge on any atom is -0.309 e. The van der Waals surface area contributed by atoms with Crippen LogP contribution in [-0.4, -0.2) is 18.3 Å². The first kappa shape index (κ1) is 59.2. The number of thiophene rings is 2. The Labute approximate surface area is 616 Å². The maximum absolute atomic E-state index is 2.47. The molecule has 0 saturated heterocycles. The number of benzene rings is 18. The Morgan fingerprint density at radius 3 is 0.755 bits per heavy atom. The van der Waals surface area contributed by atoms with Gasteiger partial charge < -0.3 is 18.3 Å². The Kier molecular flexibility index (Phi) is 12.9. The minimum atomic E-state index is 1.16. The van der Waals surface area contributed by atoms with Gasteiger partial charge in [0.15, 0.2) is 0 Å². The fourth-order valence-corrected chi connectivity index (χ4v) is 20.8. The highest BCUT2D eigenvalue weighted by atomic mass is 32.1. The summed E-state index contributed by atoms with van der Waals surface area (Å²) < 4.78 is 15.2. The predicted octanol–water partition coefficient (Wildman–Crippen LogP) is 28.4. The summed E-state index contributed by atoms with van der Waals surface area (Å²) in [7, 11) is 0. The highest BCUT2D eigenvalue weighted by molar-refractivity contribution is 7.28. The molecule has 0 N–H and O–H groups in total. The van der Waals surface area contributed by atoms with E-state index in [1.807, 2.05) is 22.7 Å². The number of aromatic nitrogens is 4. The van der Waals surface area contributed by atoms with E-state index in [4.69, 9.17) is 0 Å². The van der Waals surface area contributed by atoms with E-state index in [1.165, 1.54) is 204 Å². The molecule has 0 atom stereocenters. The summed E-state index contributed by atoms with van der Waals surface area (Å²) in [4.78, 5) is 0. The summed E-state index contributed by atoms with van der Waals surface area (Å²) in [5.41, 5.74) is 19.6. The third-order valence-corrected chi connectivity index (χ3v) is 25.1. The monoisotopic (exact) mass is 1380 g/mol. The summed E-state index contributed by atoms with van der Waals surface area (Å²) >= 11 is 3.89. The van der Waals surface area contributed by atoms with Gasteiger partial charge in [-0.2, -0.15) is 0 Å². The quantitative estimate of drug-likeness (QED) is 0.158. The molecule has 0 fully saturated rings. The van der Waals surface area contributed by atoms with Crippen LogP contribution < -0.4 is 0 Å². The molecule has 0 bridgehead atoms. The van der Waals surface area contributed by atoms with Gasteiger partial charge in [0, 0.05) is 106 Å². The molecule has 0 radical (unpaired) electrons. The van der Waals surface area contributed by atoms with E-state index in [0.717, 1.165) is 11.4 Å². The van der Waals surface area contributed by atoms with Crippen molar-refractivity contribution in [2.75, 3.05) is 0 Å². The summed E-state index contributed by atoms with van der Waals surface area (Å²) in [6, 6.07) is 134. The van der Waals surface area contributed by atoms with Crippen LogP contribution >= 0.6 is 22.7 Å². The van der Waals surface area contributed by atoms with E-state index in [1.54, 1.807) is 0 Å². The van der Waals surface area contributed by atoms with Crippen molar-refractivity contribution in [2.24, 2.45) is 0 Å². The van der Waals surface area contributed by atoms with Crippen LogP contribution in [0.25, 0.3) is 216 Å². The molecule has 0 spiro atoms. The SMILES string of the molecule is c1ccc2c(-c3ccc(-n4c5ccccc5c5c6sc7c(ccc8c7c7ccccc7n8-c7ccc(-c8cccc9ccccc89)cc7)c6ccc54)cc3)cccc2c1.c1ccc2c(-n3c4ccccc4c4c5sc6c(ccc7c6c6ccccc6n7-c6cccc7ccccc67)c5ccc43)cccc2c1. The van der Waals surface area contributed by atoms with Crippen LogP contribution in [0.3, 0.4) is 0 Å². The van der Waals surface area contributed by atoms with Gasteiger partial charge in [-0.25, -0.2) is 0 Å². The summed E-state index contributed by atoms with van der Waals surface area (Å²) in [6.45, 7) is 0. The fourth-order valence-electron chi connectivity index (χ4n) is 18.0. The summed E-state index contributed by atoms with van der Waals surface area (Å²) in [5, 5.41) is 25.8. The summed E-state index contributed by atoms with van der Waals surface area (Å²) in [5.74, 6) is 0. The molecule has 0 saturated carbocycles. The maximum Gasteiger partial charge on any atom is 0.0556 e. The zero-order valence-corrected chi connectivity index (χ0v) is 58.9. The third kappa shape index (κ3) is 8.62. The third-order valence-electron chi connectivity index (χ3n) is 22.6. The van der Waals surface area contributed by atoms with Gasteiger partial charge in [0.1, 0.15) is 0 Å². The van der Waals surface area contributed by atoms with Gasteiger partial charge in [-0.1, -0.05) is 279 Å². The minimum absolute atomic E-state index is 1.16. The van der Waals surface area contributed by atoms with Crippen LogP contribution in [0.15, 0.2) is 364 Å². The molecule has 4 nitrogen and oxygen atoms in total. The molecule has 6 heterocycles. The van der Waals surface area contributed by atoms with Crippen molar-refractivity contribution < 1.29 is 0 Å².